The van der Waals surface area contributed by atoms with Crippen LogP contribution in [0.2, 0.25) is 0 Å². The van der Waals surface area contributed by atoms with E-state index < -0.39 is 0 Å². The van der Waals surface area contributed by atoms with Gasteiger partial charge in [-0.25, -0.2) is 29.9 Å². The molecule has 6 nitrogen and oxygen atoms in total. The molecule has 0 amide bonds. The molecular weight excluding hydrogens is 1720 g/mol. The summed E-state index contributed by atoms with van der Waals surface area (Å²) in [5.41, 5.74) is 51.7. The van der Waals surface area contributed by atoms with Crippen LogP contribution < -0.4 is 0 Å². The van der Waals surface area contributed by atoms with Gasteiger partial charge in [-0.2, -0.15) is 0 Å². The zero-order valence-electron chi connectivity index (χ0n) is 86.5. The van der Waals surface area contributed by atoms with E-state index in [2.05, 4.69) is 504 Å². The Kier molecular flexibility index (Phi) is 26.6. The number of pyridine rings is 6. The second-order valence-electron chi connectivity index (χ2n) is 41.2. The molecule has 21 aromatic rings. The highest BCUT2D eigenvalue weighted by molar-refractivity contribution is 6.15. The number of aryl methyl sites for hydroxylation is 14. The second kappa shape index (κ2) is 39.4. The van der Waals surface area contributed by atoms with E-state index in [9.17, 15) is 0 Å². The molecule has 15 aromatic carbocycles. The topological polar surface area (TPSA) is 77.3 Å². The lowest BCUT2D eigenvalue weighted by atomic mass is 9.77. The van der Waals surface area contributed by atoms with Crippen LogP contribution in [0.3, 0.4) is 0 Å². The third kappa shape index (κ3) is 18.5. The van der Waals surface area contributed by atoms with Crippen LogP contribution >= 0.6 is 0 Å². The van der Waals surface area contributed by atoms with Gasteiger partial charge >= 0.3 is 0 Å². The van der Waals surface area contributed by atoms with Gasteiger partial charge in [0.1, 0.15) is 0 Å². The maximum Gasteiger partial charge on any atom is 0.0974 e. The molecule has 0 spiro atoms. The molecule has 0 aliphatic heterocycles. The predicted octanol–water partition coefficient (Wildman–Crippen LogP) is 35.9. The average molecular weight is 1850 g/mol. The first-order valence-corrected chi connectivity index (χ1v) is 50.5. The highest BCUT2D eigenvalue weighted by Gasteiger charge is 2.33. The van der Waals surface area contributed by atoms with Gasteiger partial charge in [-0.3, -0.25) is 0 Å². The fraction of sp³-hybridized carbons (Fsp3) is 0.206. The summed E-state index contributed by atoms with van der Waals surface area (Å²) in [7, 11) is 0. The summed E-state index contributed by atoms with van der Waals surface area (Å²) in [4.78, 5) is 33.3. The number of aromatic nitrogens is 6. The molecule has 4 unspecified atom stereocenters. The third-order valence-corrected chi connectivity index (χ3v) is 30.6. The van der Waals surface area contributed by atoms with Crippen molar-refractivity contribution in [2.75, 3.05) is 0 Å². The van der Waals surface area contributed by atoms with Crippen molar-refractivity contribution >= 4 is 65.4 Å². The Balaban J connectivity index is 0.000000135. The van der Waals surface area contributed by atoms with Gasteiger partial charge in [0.15, 0.2) is 0 Å². The molecule has 0 aliphatic rings. The first kappa shape index (κ1) is 95.7. The van der Waals surface area contributed by atoms with Crippen molar-refractivity contribution in [3.8, 4) is 66.8 Å². The molecule has 0 N–H and O–H groups in total. The Hall–Kier alpha value is -15.2. The fourth-order valence-corrected chi connectivity index (χ4v) is 22.8. The van der Waals surface area contributed by atoms with Gasteiger partial charge in [0, 0.05) is 89.6 Å². The molecule has 6 heterocycles. The number of hydrogen-bond donors (Lipinski definition) is 0. The highest BCUT2D eigenvalue weighted by Crippen LogP contribution is 2.48. The normalized spacial score (nSPS) is 12.6. The molecule has 6 heteroatoms. The smallest absolute Gasteiger partial charge is 0.0974 e. The van der Waals surface area contributed by atoms with Crippen LogP contribution in [-0.4, -0.2) is 29.9 Å². The second-order valence-corrected chi connectivity index (χ2v) is 41.2. The number of rotatable bonds is 18. The minimum absolute atomic E-state index is 0.111. The predicted molar refractivity (Wildman–Crippen MR) is 603 cm³/mol. The Morgan fingerprint density at radius 3 is 0.641 bits per heavy atom. The van der Waals surface area contributed by atoms with Crippen molar-refractivity contribution < 1.29 is 0 Å². The van der Waals surface area contributed by atoms with Crippen LogP contribution in [0.5, 0.6) is 0 Å². The molecule has 0 aliphatic carbocycles. The van der Waals surface area contributed by atoms with Gasteiger partial charge < -0.3 is 0 Å². The quantitative estimate of drug-likeness (QED) is 0.0797. The molecule has 0 fully saturated rings. The van der Waals surface area contributed by atoms with Crippen LogP contribution in [0.15, 0.2) is 352 Å². The average Bonchev–Trinajstić information content (AvgIpc) is 0.729. The van der Waals surface area contributed by atoms with Gasteiger partial charge in [0.2, 0.25) is 0 Å². The van der Waals surface area contributed by atoms with Gasteiger partial charge in [-0.1, -0.05) is 382 Å². The first-order chi connectivity index (χ1) is 68.4. The summed E-state index contributed by atoms with van der Waals surface area (Å²) in [6, 6.07) is 128. The van der Waals surface area contributed by atoms with E-state index in [0.717, 1.165) is 99.6 Å². The third-order valence-electron chi connectivity index (χ3n) is 30.6. The lowest BCUT2D eigenvalue weighted by Crippen LogP contribution is -2.23. The summed E-state index contributed by atoms with van der Waals surface area (Å²) in [6.07, 6.45) is 0. The van der Waals surface area contributed by atoms with Crippen LogP contribution in [0.1, 0.15) is 224 Å². The maximum atomic E-state index is 5.56. The zero-order valence-corrected chi connectivity index (χ0v) is 86.5. The van der Waals surface area contributed by atoms with E-state index in [-0.39, 0.29) is 34.5 Å². The Bertz CT molecular complexity index is 7870. The minimum Gasteiger partial charge on any atom is -0.250 e. The maximum absolute atomic E-state index is 5.56. The summed E-state index contributed by atoms with van der Waals surface area (Å²) in [5, 5.41) is 6.73. The lowest BCUT2D eigenvalue weighted by Gasteiger charge is -2.29. The molecule has 0 saturated heterocycles. The van der Waals surface area contributed by atoms with E-state index in [1.165, 1.54) is 178 Å². The Labute approximate surface area is 840 Å². The van der Waals surface area contributed by atoms with Crippen LogP contribution in [0.25, 0.3) is 132 Å². The molecule has 4 atom stereocenters. The minimum atomic E-state index is -0.328. The zero-order chi connectivity index (χ0) is 99.4. The standard InChI is InChI=1S/2C46H44N2.C44H40N2/c1-27-21-31(5)39(23-29(27)3)33(7)43-25-41(35-15-11-9-12-16-35)37-19-20-38-42(36-17-13-10-14-18-36)26-44(48-46(38)45(37)47-43)34(8)40-24-30(4)28(2)22-32(40)6;1-27-21-29(3)43(30(4)22-27)33(7)41-25-39(35-15-11-9-12-16-35)37-19-20-38-40(36-17-13-10-14-18-36)26-42(48-46(38)45(37)47-41)34(8)44-31(5)23-28(2)24-32(44)6;1-29-17-13-15-23-37(29)43(3,4)39-27-35(31-19-9-7-10-20-31)33-25-26-34-36(32-21-11-8-12-22-32)28-40(46-42(34)41(33)45-39)44(5,6)38-24-16-14-18-30(38)2/h2*9-26,33-34H,1-8H3;7-28H,1-6H3. The van der Waals surface area contributed by atoms with Crippen molar-refractivity contribution in [3.05, 3.63) is 497 Å². The number of benzene rings is 15. The fourth-order valence-electron chi connectivity index (χ4n) is 22.8. The molecule has 0 saturated carbocycles. The SMILES string of the molecule is Cc1cc(C)c(C(C)c2cc(-c3ccccc3)c3ccc4c(-c5ccccc5)cc(C(C)c5c(C)cc(C)cc5C)nc4c3n2)c(C)c1.Cc1cc(C)c(C(C)c2cc(-c3ccccc3)c3ccc4c(-c5ccccc5)cc(C(C)c5cc(C)c(C)cc5C)nc4c3n2)cc1C.Cc1ccccc1C(C)(C)c1cc(-c2ccccc2)c2ccc3c(-c4ccccc4)cc(C(C)(C)c4ccccc4C)nc3c2n1. The van der Waals surface area contributed by atoms with Gasteiger partial charge in [-0.15, -0.1) is 0 Å². The monoisotopic (exact) mass is 1850 g/mol. The van der Waals surface area contributed by atoms with Crippen molar-refractivity contribution in [2.24, 2.45) is 0 Å². The summed E-state index contributed by atoms with van der Waals surface area (Å²) >= 11 is 0. The molecule has 6 aromatic heterocycles. The van der Waals surface area contributed by atoms with Gasteiger partial charge in [-0.05, 0) is 300 Å². The highest BCUT2D eigenvalue weighted by atomic mass is 14.8. The Morgan fingerprint density at radius 1 is 0.183 bits per heavy atom. The van der Waals surface area contributed by atoms with Crippen LogP contribution in [0.4, 0.5) is 0 Å². The molecule has 21 rings (SSSR count). The van der Waals surface area contributed by atoms with Crippen LogP contribution in [-0.2, 0) is 10.8 Å². The van der Waals surface area contributed by atoms with Crippen molar-refractivity contribution in [1.82, 2.24) is 29.9 Å². The lowest BCUT2D eigenvalue weighted by molar-refractivity contribution is 0.614. The van der Waals surface area contributed by atoms with Gasteiger partial charge in [0.05, 0.1) is 44.5 Å². The number of hydrogen-bond acceptors (Lipinski definition) is 6. The van der Waals surface area contributed by atoms with E-state index in [1.807, 2.05) is 0 Å². The summed E-state index contributed by atoms with van der Waals surface area (Å²) in [5.74, 6) is 0.447. The largest absolute Gasteiger partial charge is 0.250 e. The molecule has 702 valence electrons. The van der Waals surface area contributed by atoms with E-state index in [4.69, 9.17) is 29.9 Å². The van der Waals surface area contributed by atoms with Crippen molar-refractivity contribution in [1.29, 1.82) is 0 Å². The number of nitrogens with zero attached hydrogens (tertiary/aromatic N) is 6. The summed E-state index contributed by atoms with van der Waals surface area (Å²) < 4.78 is 0. The van der Waals surface area contributed by atoms with E-state index in [0.29, 0.717) is 0 Å². The Morgan fingerprint density at radius 2 is 0.394 bits per heavy atom. The van der Waals surface area contributed by atoms with Gasteiger partial charge in [0.25, 0.3) is 0 Å². The van der Waals surface area contributed by atoms with Crippen molar-refractivity contribution in [3.63, 3.8) is 0 Å². The van der Waals surface area contributed by atoms with E-state index in [1.54, 1.807) is 0 Å². The number of fused-ring (bicyclic) bond motifs is 9. The molecule has 142 heavy (non-hydrogen) atoms. The first-order valence-electron chi connectivity index (χ1n) is 50.5. The molecular formula is C136H128N6. The van der Waals surface area contributed by atoms with Crippen molar-refractivity contribution in [2.45, 2.75) is 187 Å². The summed E-state index contributed by atoms with van der Waals surface area (Å²) in [6.45, 7) is 49.3. The molecule has 0 radical (unpaired) electrons. The van der Waals surface area contributed by atoms with E-state index >= 15 is 0 Å². The van der Waals surface area contributed by atoms with Crippen LogP contribution in [0, 0.1) is 96.9 Å². The molecule has 0 bridgehead atoms.